The minimum atomic E-state index is -0.384. The maximum absolute atomic E-state index is 13.8. The van der Waals surface area contributed by atoms with Crippen LogP contribution < -0.4 is 5.56 Å². The summed E-state index contributed by atoms with van der Waals surface area (Å²) in [7, 11) is 0. The van der Waals surface area contributed by atoms with E-state index in [2.05, 4.69) is 73.3 Å². The number of tetrazole rings is 1. The first-order chi connectivity index (χ1) is 18.7. The first-order valence-electron chi connectivity index (χ1n) is 13.4. The zero-order chi connectivity index (χ0) is 25.9. The summed E-state index contributed by atoms with van der Waals surface area (Å²) in [6, 6.07) is 22.8. The number of aryl methyl sites for hydroxylation is 1. The Hall–Kier alpha value is -3.62. The summed E-state index contributed by atoms with van der Waals surface area (Å²) in [5, 5.41) is 16.3. The summed E-state index contributed by atoms with van der Waals surface area (Å²) in [6.45, 7) is 3.49. The zero-order valence-corrected chi connectivity index (χ0v) is 22.4. The second kappa shape index (κ2) is 11.0. The minimum absolute atomic E-state index is 0.0892. The average Bonchev–Trinajstić information content (AvgIpc) is 3.72. The Kier molecular flexibility index (Phi) is 7.16. The number of aromatic nitrogens is 5. The molecule has 1 atom stereocenters. The molecule has 1 fully saturated rings. The van der Waals surface area contributed by atoms with Crippen molar-refractivity contribution < 1.29 is 0 Å². The lowest BCUT2D eigenvalue weighted by Crippen LogP contribution is -2.36. The van der Waals surface area contributed by atoms with E-state index in [1.807, 2.05) is 35.9 Å². The Balaban J connectivity index is 1.49. The van der Waals surface area contributed by atoms with E-state index in [1.165, 1.54) is 23.3 Å². The molecular formula is C30H32N6OS. The van der Waals surface area contributed by atoms with E-state index in [0.717, 1.165) is 48.1 Å². The van der Waals surface area contributed by atoms with Crippen LogP contribution in [-0.4, -0.2) is 36.6 Å². The SMILES string of the molecule is Cc1cccc2cc([C@H](c3nnnn3C3CCCC3)N(CCc3ccccc3)Cc3cccs3)c(=O)[nH]c12. The molecule has 1 aliphatic rings. The molecule has 194 valence electrons. The Bertz CT molecular complexity index is 1550. The highest BCUT2D eigenvalue weighted by Crippen LogP contribution is 2.35. The van der Waals surface area contributed by atoms with Gasteiger partial charge in [0, 0.05) is 23.5 Å². The molecule has 5 aromatic rings. The molecule has 1 saturated carbocycles. The van der Waals surface area contributed by atoms with Gasteiger partial charge in [-0.3, -0.25) is 9.69 Å². The second-order valence-corrected chi connectivity index (χ2v) is 11.2. The van der Waals surface area contributed by atoms with E-state index >= 15 is 0 Å². The monoisotopic (exact) mass is 524 g/mol. The lowest BCUT2D eigenvalue weighted by Gasteiger charge is -2.31. The van der Waals surface area contributed by atoms with E-state index in [0.29, 0.717) is 12.1 Å². The molecule has 0 saturated heterocycles. The molecule has 2 aromatic carbocycles. The topological polar surface area (TPSA) is 79.7 Å². The maximum atomic E-state index is 13.8. The van der Waals surface area contributed by atoms with Gasteiger partial charge in [0.15, 0.2) is 5.82 Å². The second-order valence-electron chi connectivity index (χ2n) is 10.2. The smallest absolute Gasteiger partial charge is 0.253 e. The van der Waals surface area contributed by atoms with Crippen LogP contribution in [0.5, 0.6) is 0 Å². The van der Waals surface area contributed by atoms with Gasteiger partial charge in [0.05, 0.1) is 11.6 Å². The van der Waals surface area contributed by atoms with Gasteiger partial charge in [0.2, 0.25) is 0 Å². The summed E-state index contributed by atoms with van der Waals surface area (Å²) < 4.78 is 2.00. The molecule has 7 nitrogen and oxygen atoms in total. The van der Waals surface area contributed by atoms with Crippen LogP contribution >= 0.6 is 11.3 Å². The Morgan fingerprint density at radius 3 is 2.71 bits per heavy atom. The van der Waals surface area contributed by atoms with E-state index in [1.54, 1.807) is 11.3 Å². The maximum Gasteiger partial charge on any atom is 0.253 e. The van der Waals surface area contributed by atoms with Crippen LogP contribution in [0.1, 0.15) is 65.2 Å². The Morgan fingerprint density at radius 2 is 1.92 bits per heavy atom. The lowest BCUT2D eigenvalue weighted by molar-refractivity contribution is 0.203. The van der Waals surface area contributed by atoms with Crippen molar-refractivity contribution in [3.05, 3.63) is 110 Å². The van der Waals surface area contributed by atoms with Crippen LogP contribution in [0.2, 0.25) is 0 Å². The number of nitrogens with zero attached hydrogens (tertiary/aromatic N) is 5. The summed E-state index contributed by atoms with van der Waals surface area (Å²) in [4.78, 5) is 20.6. The molecule has 8 heteroatoms. The van der Waals surface area contributed by atoms with E-state index in [9.17, 15) is 4.79 Å². The van der Waals surface area contributed by atoms with Crippen LogP contribution in [0.15, 0.2) is 76.9 Å². The zero-order valence-electron chi connectivity index (χ0n) is 21.6. The number of nitrogens with one attached hydrogen (secondary N) is 1. The molecule has 0 amide bonds. The van der Waals surface area contributed by atoms with Crippen molar-refractivity contribution in [3.63, 3.8) is 0 Å². The van der Waals surface area contributed by atoms with Crippen molar-refractivity contribution in [2.24, 2.45) is 0 Å². The molecule has 0 bridgehead atoms. The number of hydrogen-bond acceptors (Lipinski definition) is 6. The van der Waals surface area contributed by atoms with Gasteiger partial charge in [-0.15, -0.1) is 16.4 Å². The summed E-state index contributed by atoms with van der Waals surface area (Å²) in [5.74, 6) is 0.749. The number of rotatable bonds is 9. The first kappa shape index (κ1) is 24.7. The molecule has 1 aliphatic carbocycles. The van der Waals surface area contributed by atoms with Gasteiger partial charge in [-0.1, -0.05) is 67.4 Å². The van der Waals surface area contributed by atoms with Crippen LogP contribution in [-0.2, 0) is 13.0 Å². The lowest BCUT2D eigenvalue weighted by atomic mass is 10.0. The summed E-state index contributed by atoms with van der Waals surface area (Å²) in [5.41, 5.74) is 3.79. The average molecular weight is 525 g/mol. The Morgan fingerprint density at radius 1 is 1.08 bits per heavy atom. The van der Waals surface area contributed by atoms with Crippen molar-refractivity contribution in [1.82, 2.24) is 30.1 Å². The number of fused-ring (bicyclic) bond motifs is 1. The molecule has 0 unspecified atom stereocenters. The highest BCUT2D eigenvalue weighted by atomic mass is 32.1. The van der Waals surface area contributed by atoms with Gasteiger partial charge in [-0.05, 0) is 70.6 Å². The van der Waals surface area contributed by atoms with Crippen LogP contribution in [0.3, 0.4) is 0 Å². The molecule has 0 spiro atoms. The van der Waals surface area contributed by atoms with Crippen molar-refractivity contribution >= 4 is 22.2 Å². The van der Waals surface area contributed by atoms with E-state index in [4.69, 9.17) is 0 Å². The van der Waals surface area contributed by atoms with Gasteiger partial charge in [-0.25, -0.2) is 4.68 Å². The molecule has 0 aliphatic heterocycles. The normalized spacial score (nSPS) is 15.0. The highest BCUT2D eigenvalue weighted by molar-refractivity contribution is 7.09. The predicted molar refractivity (Wildman–Crippen MR) is 151 cm³/mol. The number of H-pyrrole nitrogens is 1. The number of thiophene rings is 1. The van der Waals surface area contributed by atoms with Crippen molar-refractivity contribution in [3.8, 4) is 0 Å². The molecule has 0 radical (unpaired) electrons. The number of benzene rings is 2. The van der Waals surface area contributed by atoms with Gasteiger partial charge in [0.1, 0.15) is 6.04 Å². The largest absolute Gasteiger partial charge is 0.321 e. The summed E-state index contributed by atoms with van der Waals surface area (Å²) in [6.07, 6.45) is 5.34. The molecule has 3 heterocycles. The van der Waals surface area contributed by atoms with Crippen LogP contribution in [0, 0.1) is 6.92 Å². The fourth-order valence-corrected chi connectivity index (χ4v) is 6.44. The van der Waals surface area contributed by atoms with Crippen molar-refractivity contribution in [2.75, 3.05) is 6.54 Å². The van der Waals surface area contributed by atoms with Gasteiger partial charge in [0.25, 0.3) is 5.56 Å². The number of hydrogen-bond donors (Lipinski definition) is 1. The highest BCUT2D eigenvalue weighted by Gasteiger charge is 2.33. The molecule has 3 aromatic heterocycles. The third kappa shape index (κ3) is 5.06. The van der Waals surface area contributed by atoms with Gasteiger partial charge in [-0.2, -0.15) is 0 Å². The number of para-hydroxylation sites is 1. The van der Waals surface area contributed by atoms with Crippen molar-refractivity contribution in [1.29, 1.82) is 0 Å². The summed E-state index contributed by atoms with van der Waals surface area (Å²) >= 11 is 1.73. The van der Waals surface area contributed by atoms with E-state index in [-0.39, 0.29) is 17.6 Å². The molecule has 1 N–H and O–H groups in total. The Labute approximate surface area is 226 Å². The quantitative estimate of drug-likeness (QED) is 0.262. The standard InChI is InChI=1S/C30H32N6OS/c1-21-9-7-12-23-19-26(30(37)31-27(21)23)28(29-32-33-34-36(29)24-13-5-6-14-24)35(20-25-15-8-18-38-25)17-16-22-10-3-2-4-11-22/h2-4,7-12,15,18-19,24,28H,5-6,13-14,16-17,20H2,1H3,(H,31,37)/t28-/m1/s1. The van der Waals surface area contributed by atoms with Crippen LogP contribution in [0.4, 0.5) is 0 Å². The van der Waals surface area contributed by atoms with Crippen LogP contribution in [0.25, 0.3) is 10.9 Å². The molecule has 38 heavy (non-hydrogen) atoms. The first-order valence-corrected chi connectivity index (χ1v) is 14.3. The van der Waals surface area contributed by atoms with Gasteiger partial charge < -0.3 is 4.98 Å². The van der Waals surface area contributed by atoms with Crippen molar-refractivity contribution in [2.45, 2.75) is 57.7 Å². The third-order valence-electron chi connectivity index (χ3n) is 7.68. The van der Waals surface area contributed by atoms with E-state index < -0.39 is 0 Å². The number of aromatic amines is 1. The minimum Gasteiger partial charge on any atom is -0.321 e. The fraction of sp³-hybridized carbons (Fsp3) is 0.333. The fourth-order valence-electron chi connectivity index (χ4n) is 5.71. The predicted octanol–water partition coefficient (Wildman–Crippen LogP) is 5.83. The third-order valence-corrected chi connectivity index (χ3v) is 8.54. The number of pyridine rings is 1. The molecule has 6 rings (SSSR count). The van der Waals surface area contributed by atoms with Gasteiger partial charge >= 0.3 is 0 Å². The molecular weight excluding hydrogens is 492 g/mol.